The average molecular weight is 383 g/mol. The summed E-state index contributed by atoms with van der Waals surface area (Å²) >= 11 is 0. The van der Waals surface area contributed by atoms with Crippen molar-refractivity contribution in [2.45, 2.75) is 0 Å². The number of nitriles is 1. The van der Waals surface area contributed by atoms with Crippen molar-refractivity contribution in [3.63, 3.8) is 0 Å². The minimum atomic E-state index is -1.23. The summed E-state index contributed by atoms with van der Waals surface area (Å²) in [6, 6.07) is 22.5. The van der Waals surface area contributed by atoms with Crippen LogP contribution in [0.25, 0.3) is 0 Å². The molecule has 29 heavy (non-hydrogen) atoms. The lowest BCUT2D eigenvalue weighted by atomic mass is 10.00. The number of rotatable bonds is 5. The van der Waals surface area contributed by atoms with Gasteiger partial charge in [-0.2, -0.15) is 5.26 Å². The van der Waals surface area contributed by atoms with Crippen LogP contribution < -0.4 is 5.32 Å². The van der Waals surface area contributed by atoms with Crippen LogP contribution in [0, 0.1) is 11.3 Å². The SMILES string of the molecule is CN=C(c1ccccc1)c1cccc(C(=O)Nc2ccc(C#N)cc2C(=O)O)c1. The molecule has 3 aromatic carbocycles. The van der Waals surface area contributed by atoms with Gasteiger partial charge in [-0.3, -0.25) is 9.79 Å². The molecule has 0 aliphatic carbocycles. The molecule has 2 N–H and O–H groups in total. The molecule has 0 spiro atoms. The van der Waals surface area contributed by atoms with Gasteiger partial charge < -0.3 is 10.4 Å². The minimum absolute atomic E-state index is 0.124. The highest BCUT2D eigenvalue weighted by atomic mass is 16.4. The molecule has 0 aromatic heterocycles. The second-order valence-electron chi connectivity index (χ2n) is 6.15. The van der Waals surface area contributed by atoms with Gasteiger partial charge in [0.2, 0.25) is 0 Å². The maximum absolute atomic E-state index is 12.7. The highest BCUT2D eigenvalue weighted by Gasteiger charge is 2.16. The number of carbonyl (C=O) groups is 2. The van der Waals surface area contributed by atoms with Crippen molar-refractivity contribution < 1.29 is 14.7 Å². The van der Waals surface area contributed by atoms with E-state index in [1.54, 1.807) is 25.2 Å². The molecular formula is C23H17N3O3. The lowest BCUT2D eigenvalue weighted by Crippen LogP contribution is -2.16. The Morgan fingerprint density at radius 1 is 0.931 bits per heavy atom. The van der Waals surface area contributed by atoms with E-state index in [2.05, 4.69) is 10.3 Å². The van der Waals surface area contributed by atoms with Gasteiger partial charge in [0.15, 0.2) is 0 Å². The van der Waals surface area contributed by atoms with E-state index >= 15 is 0 Å². The Balaban J connectivity index is 1.91. The number of aromatic carboxylic acids is 1. The van der Waals surface area contributed by atoms with Gasteiger partial charge in [-0.05, 0) is 30.3 Å². The molecule has 0 radical (unpaired) electrons. The van der Waals surface area contributed by atoms with E-state index in [4.69, 9.17) is 5.26 Å². The van der Waals surface area contributed by atoms with E-state index in [9.17, 15) is 14.7 Å². The second-order valence-corrected chi connectivity index (χ2v) is 6.15. The van der Waals surface area contributed by atoms with Crippen LogP contribution >= 0.6 is 0 Å². The normalized spacial score (nSPS) is 10.8. The van der Waals surface area contributed by atoms with Crippen LogP contribution in [0.15, 0.2) is 77.8 Å². The Hall–Kier alpha value is -4.24. The van der Waals surface area contributed by atoms with Crippen LogP contribution in [0.4, 0.5) is 5.69 Å². The summed E-state index contributed by atoms with van der Waals surface area (Å²) < 4.78 is 0. The summed E-state index contributed by atoms with van der Waals surface area (Å²) in [6.07, 6.45) is 0. The quantitative estimate of drug-likeness (QED) is 0.651. The summed E-state index contributed by atoms with van der Waals surface area (Å²) in [6.45, 7) is 0. The number of carboxylic acid groups (broad SMARTS) is 1. The van der Waals surface area contributed by atoms with Gasteiger partial charge in [-0.1, -0.05) is 42.5 Å². The zero-order valence-electron chi connectivity index (χ0n) is 15.6. The number of nitrogens with zero attached hydrogens (tertiary/aromatic N) is 2. The van der Waals surface area contributed by atoms with Gasteiger partial charge in [-0.25, -0.2) is 4.79 Å². The standard InChI is InChI=1S/C23H17N3O3/c1-25-21(16-6-3-2-4-7-16)17-8-5-9-18(13-17)22(27)26-20-11-10-15(14-24)12-19(20)23(28)29/h2-13H,1H3,(H,26,27)(H,28,29). The largest absolute Gasteiger partial charge is 0.478 e. The molecule has 6 heteroatoms. The summed E-state index contributed by atoms with van der Waals surface area (Å²) in [5.74, 6) is -1.68. The molecule has 0 heterocycles. The number of nitrogens with one attached hydrogen (secondary N) is 1. The first-order valence-corrected chi connectivity index (χ1v) is 8.75. The molecule has 6 nitrogen and oxygen atoms in total. The van der Waals surface area contributed by atoms with Crippen molar-refractivity contribution in [3.05, 3.63) is 101 Å². The lowest BCUT2D eigenvalue weighted by Gasteiger charge is -2.11. The third-order valence-electron chi connectivity index (χ3n) is 4.30. The molecule has 0 saturated heterocycles. The third kappa shape index (κ3) is 4.37. The zero-order valence-corrected chi connectivity index (χ0v) is 15.6. The first kappa shape index (κ1) is 19.5. The van der Waals surface area contributed by atoms with Crippen molar-refractivity contribution in [2.24, 2.45) is 4.99 Å². The fourth-order valence-electron chi connectivity index (χ4n) is 2.92. The first-order chi connectivity index (χ1) is 14.0. The number of anilines is 1. The molecule has 0 aliphatic heterocycles. The molecule has 0 atom stereocenters. The highest BCUT2D eigenvalue weighted by molar-refractivity contribution is 6.14. The van der Waals surface area contributed by atoms with Crippen LogP contribution in [0.2, 0.25) is 0 Å². The summed E-state index contributed by atoms with van der Waals surface area (Å²) in [5.41, 5.74) is 2.98. The number of aliphatic imine (C=N–C) groups is 1. The maximum Gasteiger partial charge on any atom is 0.337 e. The number of benzene rings is 3. The van der Waals surface area contributed by atoms with Gasteiger partial charge in [-0.15, -0.1) is 0 Å². The molecule has 3 rings (SSSR count). The van der Waals surface area contributed by atoms with E-state index in [0.29, 0.717) is 5.56 Å². The Labute approximate surface area is 167 Å². The Bertz CT molecular complexity index is 1150. The fourth-order valence-corrected chi connectivity index (χ4v) is 2.92. The molecule has 0 saturated carbocycles. The van der Waals surface area contributed by atoms with Crippen LogP contribution in [0.5, 0.6) is 0 Å². The number of hydrogen-bond acceptors (Lipinski definition) is 4. The van der Waals surface area contributed by atoms with E-state index in [1.165, 1.54) is 18.2 Å². The van der Waals surface area contributed by atoms with Gasteiger partial charge in [0.1, 0.15) is 0 Å². The molecule has 0 aliphatic rings. The Morgan fingerprint density at radius 3 is 2.28 bits per heavy atom. The van der Waals surface area contributed by atoms with Crippen LogP contribution in [-0.2, 0) is 0 Å². The molecule has 0 bridgehead atoms. The predicted molar refractivity (Wildman–Crippen MR) is 111 cm³/mol. The molecule has 142 valence electrons. The lowest BCUT2D eigenvalue weighted by molar-refractivity contribution is 0.0698. The number of amides is 1. The Morgan fingerprint density at radius 2 is 1.62 bits per heavy atom. The number of hydrogen-bond donors (Lipinski definition) is 2. The molecular weight excluding hydrogens is 366 g/mol. The third-order valence-corrected chi connectivity index (χ3v) is 4.30. The molecule has 3 aromatic rings. The molecule has 0 unspecified atom stereocenters. The molecule has 1 amide bonds. The van der Waals surface area contributed by atoms with Gasteiger partial charge in [0.05, 0.1) is 28.6 Å². The fraction of sp³-hybridized carbons (Fsp3) is 0.0435. The van der Waals surface area contributed by atoms with E-state index in [-0.39, 0.29) is 16.8 Å². The average Bonchev–Trinajstić information content (AvgIpc) is 2.75. The van der Waals surface area contributed by atoms with Crippen LogP contribution in [-0.4, -0.2) is 29.7 Å². The van der Waals surface area contributed by atoms with Gasteiger partial charge in [0.25, 0.3) is 5.91 Å². The van der Waals surface area contributed by atoms with E-state index in [0.717, 1.165) is 16.8 Å². The van der Waals surface area contributed by atoms with Crippen LogP contribution in [0.1, 0.15) is 37.4 Å². The van der Waals surface area contributed by atoms with Crippen molar-refractivity contribution >= 4 is 23.3 Å². The minimum Gasteiger partial charge on any atom is -0.478 e. The number of carboxylic acids is 1. The summed E-state index contributed by atoms with van der Waals surface area (Å²) in [5, 5.41) is 20.9. The first-order valence-electron chi connectivity index (χ1n) is 8.75. The Kier molecular flexibility index (Phi) is 5.81. The van der Waals surface area contributed by atoms with Gasteiger partial charge in [0, 0.05) is 23.7 Å². The van der Waals surface area contributed by atoms with Crippen molar-refractivity contribution in [1.29, 1.82) is 5.26 Å². The van der Waals surface area contributed by atoms with Gasteiger partial charge >= 0.3 is 5.97 Å². The highest BCUT2D eigenvalue weighted by Crippen LogP contribution is 2.19. The van der Waals surface area contributed by atoms with E-state index < -0.39 is 11.9 Å². The maximum atomic E-state index is 12.7. The number of carbonyl (C=O) groups excluding carboxylic acids is 1. The predicted octanol–water partition coefficient (Wildman–Crippen LogP) is 3.98. The van der Waals surface area contributed by atoms with Crippen molar-refractivity contribution in [1.82, 2.24) is 0 Å². The summed E-state index contributed by atoms with van der Waals surface area (Å²) in [7, 11) is 1.69. The van der Waals surface area contributed by atoms with Crippen molar-refractivity contribution in [2.75, 3.05) is 12.4 Å². The topological polar surface area (TPSA) is 103 Å². The summed E-state index contributed by atoms with van der Waals surface area (Å²) in [4.78, 5) is 28.6. The van der Waals surface area contributed by atoms with Crippen LogP contribution in [0.3, 0.4) is 0 Å². The van der Waals surface area contributed by atoms with E-state index in [1.807, 2.05) is 42.5 Å². The zero-order chi connectivity index (χ0) is 20.8. The monoisotopic (exact) mass is 383 g/mol. The second kappa shape index (κ2) is 8.63. The smallest absolute Gasteiger partial charge is 0.337 e. The van der Waals surface area contributed by atoms with Crippen molar-refractivity contribution in [3.8, 4) is 6.07 Å². The molecule has 0 fully saturated rings.